The van der Waals surface area contributed by atoms with Crippen LogP contribution in [-0.2, 0) is 0 Å². The summed E-state index contributed by atoms with van der Waals surface area (Å²) < 4.78 is 0. The second-order valence-corrected chi connectivity index (χ2v) is 7.11. The minimum Gasteiger partial charge on any atom is -0.345 e. The van der Waals surface area contributed by atoms with Crippen molar-refractivity contribution in [1.82, 2.24) is 25.1 Å². The molecule has 0 radical (unpaired) electrons. The molecule has 2 unspecified atom stereocenters. The van der Waals surface area contributed by atoms with Crippen molar-refractivity contribution in [3.8, 4) is 0 Å². The van der Waals surface area contributed by atoms with Crippen molar-refractivity contribution in [3.05, 3.63) is 46.3 Å². The quantitative estimate of drug-likeness (QED) is 0.766. The predicted octanol–water partition coefficient (Wildman–Crippen LogP) is 2.33. The van der Waals surface area contributed by atoms with Crippen LogP contribution < -0.4 is 10.6 Å². The van der Waals surface area contributed by atoms with Gasteiger partial charge in [0.05, 0.1) is 22.8 Å². The van der Waals surface area contributed by atoms with E-state index in [-0.39, 0.29) is 11.7 Å². The van der Waals surface area contributed by atoms with Crippen molar-refractivity contribution in [2.45, 2.75) is 32.2 Å². The van der Waals surface area contributed by atoms with Crippen LogP contribution in [0.15, 0.2) is 29.1 Å². The Balaban J connectivity index is 1.62. The number of aromatic amines is 2. The third-order valence-corrected chi connectivity index (χ3v) is 5.46. The van der Waals surface area contributed by atoms with Crippen molar-refractivity contribution in [2.24, 2.45) is 11.8 Å². The van der Waals surface area contributed by atoms with Crippen LogP contribution in [0.4, 0.5) is 5.82 Å². The number of nitrogens with one attached hydrogen (secondary N) is 2. The molecule has 1 aliphatic heterocycles. The van der Waals surface area contributed by atoms with Crippen LogP contribution in [0.25, 0.3) is 11.0 Å². The van der Waals surface area contributed by atoms with Crippen LogP contribution in [0.5, 0.6) is 0 Å². The lowest BCUT2D eigenvalue weighted by Crippen LogP contribution is -2.29. The smallest absolute Gasteiger partial charge is 0.340 e. The van der Waals surface area contributed by atoms with Crippen LogP contribution in [0, 0.1) is 18.8 Å². The van der Waals surface area contributed by atoms with E-state index in [4.69, 9.17) is 9.97 Å². The first-order valence-corrected chi connectivity index (χ1v) is 8.85. The second kappa shape index (κ2) is 5.40. The standard InChI is InChI=1S/C18H20N6O/c1-10-17(20-14-5-3-2-4-13(14)19-10)24-9-8-12(11-6-7-11)15(24)16-21-18(25)23-22-16/h2-5,11-12,15H,6-9H2,1H3,(H2,21,22,23,25). The molecule has 5 rings (SSSR count). The molecule has 1 aliphatic carbocycles. The number of para-hydroxylation sites is 2. The number of rotatable bonds is 3. The van der Waals surface area contributed by atoms with Crippen LogP contribution in [-0.4, -0.2) is 31.7 Å². The topological polar surface area (TPSA) is 90.6 Å². The van der Waals surface area contributed by atoms with Gasteiger partial charge in [0.25, 0.3) is 0 Å². The van der Waals surface area contributed by atoms with Crippen molar-refractivity contribution in [2.75, 3.05) is 11.4 Å². The van der Waals surface area contributed by atoms with Crippen molar-refractivity contribution >= 4 is 16.9 Å². The maximum Gasteiger partial charge on any atom is 0.340 e. The highest BCUT2D eigenvalue weighted by molar-refractivity contribution is 5.76. The van der Waals surface area contributed by atoms with Gasteiger partial charge in [-0.15, -0.1) is 0 Å². The van der Waals surface area contributed by atoms with Crippen LogP contribution >= 0.6 is 0 Å². The molecule has 2 aromatic heterocycles. The lowest BCUT2D eigenvalue weighted by molar-refractivity contribution is 0.414. The Morgan fingerprint density at radius 1 is 1.12 bits per heavy atom. The molecular formula is C18H20N6O. The van der Waals surface area contributed by atoms with Gasteiger partial charge in [-0.05, 0) is 50.2 Å². The monoisotopic (exact) mass is 336 g/mol. The summed E-state index contributed by atoms with van der Waals surface area (Å²) in [6, 6.07) is 7.99. The summed E-state index contributed by atoms with van der Waals surface area (Å²) in [5.74, 6) is 2.85. The summed E-state index contributed by atoms with van der Waals surface area (Å²) >= 11 is 0. The highest BCUT2D eigenvalue weighted by Crippen LogP contribution is 2.50. The average molecular weight is 336 g/mol. The van der Waals surface area contributed by atoms with Gasteiger partial charge in [0, 0.05) is 6.54 Å². The SMILES string of the molecule is Cc1nc2ccccc2nc1N1CCC(C2CC2)C1c1n[nH]c(=O)[nH]1. The lowest BCUT2D eigenvalue weighted by atomic mass is 9.94. The van der Waals surface area contributed by atoms with Crippen LogP contribution in [0.2, 0.25) is 0 Å². The fraction of sp³-hybridized carbons (Fsp3) is 0.444. The number of aryl methyl sites for hydroxylation is 1. The zero-order valence-corrected chi connectivity index (χ0v) is 14.1. The first-order valence-electron chi connectivity index (χ1n) is 8.85. The molecule has 7 heteroatoms. The Labute approximate surface area is 144 Å². The largest absolute Gasteiger partial charge is 0.345 e. The van der Waals surface area contributed by atoms with E-state index in [1.54, 1.807) is 0 Å². The molecule has 25 heavy (non-hydrogen) atoms. The molecule has 0 bridgehead atoms. The molecule has 1 saturated heterocycles. The average Bonchev–Trinajstić information content (AvgIpc) is 3.22. The van der Waals surface area contributed by atoms with Crippen molar-refractivity contribution in [3.63, 3.8) is 0 Å². The second-order valence-electron chi connectivity index (χ2n) is 7.11. The number of anilines is 1. The van der Waals surface area contributed by atoms with Crippen LogP contribution in [0.1, 0.15) is 36.8 Å². The van der Waals surface area contributed by atoms with Gasteiger partial charge in [0.15, 0.2) is 11.6 Å². The van der Waals surface area contributed by atoms with E-state index in [0.717, 1.165) is 41.4 Å². The molecule has 0 spiro atoms. The van der Waals surface area contributed by atoms with Gasteiger partial charge >= 0.3 is 5.69 Å². The summed E-state index contributed by atoms with van der Waals surface area (Å²) in [4.78, 5) is 26.4. The molecule has 128 valence electrons. The van der Waals surface area contributed by atoms with Gasteiger partial charge in [-0.1, -0.05) is 12.1 Å². The molecule has 2 fully saturated rings. The van der Waals surface area contributed by atoms with Crippen molar-refractivity contribution in [1.29, 1.82) is 0 Å². The molecule has 2 N–H and O–H groups in total. The van der Waals surface area contributed by atoms with Gasteiger partial charge in [0.2, 0.25) is 0 Å². The molecule has 2 atom stereocenters. The predicted molar refractivity (Wildman–Crippen MR) is 94.4 cm³/mol. The number of nitrogens with zero attached hydrogens (tertiary/aromatic N) is 4. The first kappa shape index (κ1) is 14.6. The Bertz CT molecular complexity index is 988. The molecule has 7 nitrogen and oxygen atoms in total. The third kappa shape index (κ3) is 2.42. The summed E-state index contributed by atoms with van der Waals surface area (Å²) in [6.07, 6.45) is 3.64. The van der Waals surface area contributed by atoms with E-state index in [0.29, 0.717) is 11.7 Å². The summed E-state index contributed by atoms with van der Waals surface area (Å²) in [6.45, 7) is 2.91. The normalized spacial score (nSPS) is 23.5. The van der Waals surface area contributed by atoms with Gasteiger partial charge in [0.1, 0.15) is 0 Å². The summed E-state index contributed by atoms with van der Waals surface area (Å²) in [5, 5.41) is 6.76. The van der Waals surface area contributed by atoms with E-state index in [1.165, 1.54) is 12.8 Å². The molecule has 2 aliphatic rings. The molecular weight excluding hydrogens is 316 g/mol. The number of hydrogen-bond donors (Lipinski definition) is 2. The number of H-pyrrole nitrogens is 2. The highest BCUT2D eigenvalue weighted by atomic mass is 16.1. The maximum absolute atomic E-state index is 11.6. The Morgan fingerprint density at radius 2 is 1.88 bits per heavy atom. The van der Waals surface area contributed by atoms with E-state index < -0.39 is 0 Å². The number of fused-ring (bicyclic) bond motifs is 1. The minimum absolute atomic E-state index is 0.0561. The Morgan fingerprint density at radius 3 is 2.56 bits per heavy atom. The van der Waals surface area contributed by atoms with Crippen molar-refractivity contribution < 1.29 is 0 Å². The summed E-state index contributed by atoms with van der Waals surface area (Å²) in [7, 11) is 0. The number of benzene rings is 1. The summed E-state index contributed by atoms with van der Waals surface area (Å²) in [5.41, 5.74) is 2.47. The number of aromatic nitrogens is 5. The first-order chi connectivity index (χ1) is 12.2. The maximum atomic E-state index is 11.6. The molecule has 0 amide bonds. The molecule has 3 aromatic rings. The van der Waals surface area contributed by atoms with E-state index in [9.17, 15) is 4.79 Å². The zero-order chi connectivity index (χ0) is 17.0. The molecule has 1 saturated carbocycles. The fourth-order valence-electron chi connectivity index (χ4n) is 4.20. The van der Waals surface area contributed by atoms with E-state index in [1.807, 2.05) is 31.2 Å². The minimum atomic E-state index is -0.252. The van der Waals surface area contributed by atoms with Crippen LogP contribution in [0.3, 0.4) is 0 Å². The third-order valence-electron chi connectivity index (χ3n) is 5.46. The zero-order valence-electron chi connectivity index (χ0n) is 14.1. The Kier molecular flexibility index (Phi) is 3.16. The lowest BCUT2D eigenvalue weighted by Gasteiger charge is -2.28. The fourth-order valence-corrected chi connectivity index (χ4v) is 4.20. The van der Waals surface area contributed by atoms with Gasteiger partial charge in [-0.25, -0.2) is 19.9 Å². The Hall–Kier alpha value is -2.70. The van der Waals surface area contributed by atoms with E-state index in [2.05, 4.69) is 20.1 Å². The van der Waals surface area contributed by atoms with E-state index >= 15 is 0 Å². The molecule has 3 heterocycles. The van der Waals surface area contributed by atoms with Gasteiger partial charge in [-0.3, -0.25) is 4.98 Å². The number of hydrogen-bond acceptors (Lipinski definition) is 5. The van der Waals surface area contributed by atoms with Gasteiger partial charge < -0.3 is 4.90 Å². The highest BCUT2D eigenvalue weighted by Gasteiger charge is 2.46. The molecule has 1 aromatic carbocycles. The van der Waals surface area contributed by atoms with Gasteiger partial charge in [-0.2, -0.15) is 5.10 Å².